The van der Waals surface area contributed by atoms with Gasteiger partial charge in [0.1, 0.15) is 11.9 Å². The first kappa shape index (κ1) is 14.0. The standard InChI is InChI=1S/C15H18N4OS/c1-2-4-11-9-15(19-14(18-11)6-7-17-19)16-10-12(20)13-5-3-8-21-13/h3,5-9,12,16,20H,2,4,10H2,1H3. The van der Waals surface area contributed by atoms with E-state index in [-0.39, 0.29) is 0 Å². The van der Waals surface area contributed by atoms with Crippen LogP contribution in [-0.4, -0.2) is 26.2 Å². The molecule has 6 heteroatoms. The van der Waals surface area contributed by atoms with Crippen molar-refractivity contribution in [3.8, 4) is 0 Å². The summed E-state index contributed by atoms with van der Waals surface area (Å²) in [5.74, 6) is 0.865. The van der Waals surface area contributed by atoms with E-state index in [0.29, 0.717) is 6.54 Å². The van der Waals surface area contributed by atoms with E-state index in [1.165, 1.54) is 0 Å². The molecule has 0 aromatic carbocycles. The summed E-state index contributed by atoms with van der Waals surface area (Å²) >= 11 is 1.56. The number of anilines is 1. The van der Waals surface area contributed by atoms with Crippen molar-refractivity contribution in [2.24, 2.45) is 0 Å². The van der Waals surface area contributed by atoms with Gasteiger partial charge in [-0.3, -0.25) is 0 Å². The van der Waals surface area contributed by atoms with Gasteiger partial charge in [0.25, 0.3) is 0 Å². The molecule has 2 N–H and O–H groups in total. The molecule has 1 atom stereocenters. The monoisotopic (exact) mass is 302 g/mol. The van der Waals surface area contributed by atoms with Crippen molar-refractivity contribution in [2.45, 2.75) is 25.9 Å². The van der Waals surface area contributed by atoms with E-state index in [2.05, 4.69) is 22.3 Å². The number of aliphatic hydroxyl groups excluding tert-OH is 1. The Balaban J connectivity index is 1.80. The number of nitrogens with zero attached hydrogens (tertiary/aromatic N) is 3. The molecule has 0 radical (unpaired) electrons. The maximum Gasteiger partial charge on any atom is 0.157 e. The van der Waals surface area contributed by atoms with Crippen LogP contribution in [0.5, 0.6) is 0 Å². The largest absolute Gasteiger partial charge is 0.386 e. The van der Waals surface area contributed by atoms with E-state index in [0.717, 1.165) is 34.9 Å². The average Bonchev–Trinajstić information content (AvgIpc) is 3.15. The summed E-state index contributed by atoms with van der Waals surface area (Å²) in [6.45, 7) is 2.58. The summed E-state index contributed by atoms with van der Waals surface area (Å²) in [6.07, 6.45) is 3.20. The van der Waals surface area contributed by atoms with Crippen LogP contribution in [0.1, 0.15) is 30.0 Å². The Morgan fingerprint density at radius 2 is 2.33 bits per heavy atom. The number of hydrogen-bond donors (Lipinski definition) is 2. The van der Waals surface area contributed by atoms with Crippen LogP contribution in [0, 0.1) is 0 Å². The fourth-order valence-corrected chi connectivity index (χ4v) is 2.97. The van der Waals surface area contributed by atoms with Crippen molar-refractivity contribution in [3.63, 3.8) is 0 Å². The molecular weight excluding hydrogens is 284 g/mol. The molecule has 0 aliphatic rings. The summed E-state index contributed by atoms with van der Waals surface area (Å²) in [5, 5.41) is 19.7. The molecule has 5 nitrogen and oxygen atoms in total. The number of aliphatic hydroxyl groups is 1. The molecule has 110 valence electrons. The lowest BCUT2D eigenvalue weighted by Gasteiger charge is -2.13. The maximum atomic E-state index is 10.2. The van der Waals surface area contributed by atoms with E-state index in [9.17, 15) is 5.11 Å². The minimum absolute atomic E-state index is 0.449. The molecule has 0 amide bonds. The third-order valence-electron chi connectivity index (χ3n) is 3.27. The first-order valence-corrected chi connectivity index (χ1v) is 7.95. The second-order valence-corrected chi connectivity index (χ2v) is 5.88. The van der Waals surface area contributed by atoms with Crippen LogP contribution < -0.4 is 5.32 Å². The summed E-state index contributed by atoms with van der Waals surface area (Å²) in [4.78, 5) is 5.52. The minimum atomic E-state index is -0.515. The van der Waals surface area contributed by atoms with Gasteiger partial charge in [-0.25, -0.2) is 4.98 Å². The van der Waals surface area contributed by atoms with E-state index >= 15 is 0 Å². The number of fused-ring (bicyclic) bond motifs is 1. The molecule has 21 heavy (non-hydrogen) atoms. The Labute approximate surface area is 127 Å². The topological polar surface area (TPSA) is 62.5 Å². The number of aryl methyl sites for hydroxylation is 1. The quantitative estimate of drug-likeness (QED) is 0.735. The minimum Gasteiger partial charge on any atom is -0.386 e. The Morgan fingerprint density at radius 1 is 1.43 bits per heavy atom. The highest BCUT2D eigenvalue weighted by Crippen LogP contribution is 2.20. The van der Waals surface area contributed by atoms with Crippen molar-refractivity contribution in [3.05, 3.63) is 46.4 Å². The van der Waals surface area contributed by atoms with Crippen LogP contribution in [0.4, 0.5) is 5.82 Å². The van der Waals surface area contributed by atoms with Crippen LogP contribution in [-0.2, 0) is 6.42 Å². The molecule has 3 aromatic rings. The van der Waals surface area contributed by atoms with Gasteiger partial charge in [0.15, 0.2) is 5.65 Å². The van der Waals surface area contributed by atoms with E-state index in [1.54, 1.807) is 22.0 Å². The Morgan fingerprint density at radius 3 is 3.10 bits per heavy atom. The van der Waals surface area contributed by atoms with E-state index in [1.807, 2.05) is 29.6 Å². The van der Waals surface area contributed by atoms with Gasteiger partial charge in [0.05, 0.1) is 6.20 Å². The van der Waals surface area contributed by atoms with Crippen molar-refractivity contribution >= 4 is 22.8 Å². The zero-order valence-corrected chi connectivity index (χ0v) is 12.7. The fourth-order valence-electron chi connectivity index (χ4n) is 2.26. The maximum absolute atomic E-state index is 10.2. The summed E-state index contributed by atoms with van der Waals surface area (Å²) in [5.41, 5.74) is 1.87. The normalized spacial score (nSPS) is 12.7. The molecule has 0 aliphatic heterocycles. The zero-order valence-electron chi connectivity index (χ0n) is 11.9. The third-order valence-corrected chi connectivity index (χ3v) is 4.24. The summed E-state index contributed by atoms with van der Waals surface area (Å²) in [7, 11) is 0. The first-order valence-electron chi connectivity index (χ1n) is 7.07. The number of rotatable bonds is 6. The Bertz CT molecular complexity index is 708. The number of thiophene rings is 1. The van der Waals surface area contributed by atoms with Gasteiger partial charge in [0.2, 0.25) is 0 Å². The fraction of sp³-hybridized carbons (Fsp3) is 0.333. The lowest BCUT2D eigenvalue weighted by Crippen LogP contribution is -2.14. The number of hydrogen-bond acceptors (Lipinski definition) is 5. The lowest BCUT2D eigenvalue weighted by molar-refractivity contribution is 0.195. The van der Waals surface area contributed by atoms with Crippen LogP contribution in [0.2, 0.25) is 0 Å². The highest BCUT2D eigenvalue weighted by molar-refractivity contribution is 7.10. The van der Waals surface area contributed by atoms with Gasteiger partial charge in [-0.15, -0.1) is 11.3 Å². The molecule has 0 bridgehead atoms. The molecule has 0 spiro atoms. The van der Waals surface area contributed by atoms with E-state index < -0.39 is 6.10 Å². The summed E-state index contributed by atoms with van der Waals surface area (Å²) in [6, 6.07) is 7.78. The van der Waals surface area contributed by atoms with Gasteiger partial charge in [-0.1, -0.05) is 19.4 Å². The second-order valence-electron chi connectivity index (χ2n) is 4.90. The number of aromatic nitrogens is 3. The Hall–Kier alpha value is -1.92. The second kappa shape index (κ2) is 6.24. The first-order chi connectivity index (χ1) is 10.3. The van der Waals surface area contributed by atoms with Crippen molar-refractivity contribution in [1.82, 2.24) is 14.6 Å². The lowest BCUT2D eigenvalue weighted by atomic mass is 10.2. The van der Waals surface area contributed by atoms with Crippen LogP contribution in [0.25, 0.3) is 5.65 Å². The van der Waals surface area contributed by atoms with Gasteiger partial charge in [-0.2, -0.15) is 9.61 Å². The molecule has 0 aliphatic carbocycles. The SMILES string of the molecule is CCCc1cc(NCC(O)c2cccs2)n2nccc2n1. The number of nitrogens with one attached hydrogen (secondary N) is 1. The van der Waals surface area contributed by atoms with Crippen LogP contribution in [0.15, 0.2) is 35.8 Å². The van der Waals surface area contributed by atoms with Gasteiger partial charge in [-0.05, 0) is 17.9 Å². The summed E-state index contributed by atoms with van der Waals surface area (Å²) < 4.78 is 1.76. The average molecular weight is 302 g/mol. The smallest absolute Gasteiger partial charge is 0.157 e. The highest BCUT2D eigenvalue weighted by Gasteiger charge is 2.11. The highest BCUT2D eigenvalue weighted by atomic mass is 32.1. The predicted octanol–water partition coefficient (Wildman–Crippen LogP) is 2.89. The molecule has 3 aromatic heterocycles. The van der Waals surface area contributed by atoms with Crippen molar-refractivity contribution in [1.29, 1.82) is 0 Å². The molecule has 0 saturated carbocycles. The van der Waals surface area contributed by atoms with E-state index in [4.69, 9.17) is 0 Å². The van der Waals surface area contributed by atoms with Crippen LogP contribution in [0.3, 0.4) is 0 Å². The van der Waals surface area contributed by atoms with Gasteiger partial charge in [0, 0.05) is 29.2 Å². The van der Waals surface area contributed by atoms with Crippen molar-refractivity contribution in [2.75, 3.05) is 11.9 Å². The molecular formula is C15H18N4OS. The molecule has 3 heterocycles. The third kappa shape index (κ3) is 3.06. The Kier molecular flexibility index (Phi) is 4.17. The predicted molar refractivity (Wildman–Crippen MR) is 84.8 cm³/mol. The van der Waals surface area contributed by atoms with Gasteiger partial charge >= 0.3 is 0 Å². The molecule has 1 unspecified atom stereocenters. The van der Waals surface area contributed by atoms with Crippen LogP contribution >= 0.6 is 11.3 Å². The van der Waals surface area contributed by atoms with Crippen molar-refractivity contribution < 1.29 is 5.11 Å². The molecule has 3 rings (SSSR count). The van der Waals surface area contributed by atoms with Gasteiger partial charge < -0.3 is 10.4 Å². The molecule has 0 saturated heterocycles. The molecule has 0 fully saturated rings. The zero-order chi connectivity index (χ0) is 14.7.